The molecule has 3 N–H and O–H groups in total. The van der Waals surface area contributed by atoms with E-state index in [4.69, 9.17) is 10.5 Å². The van der Waals surface area contributed by atoms with E-state index in [0.717, 1.165) is 19.3 Å². The second kappa shape index (κ2) is 8.86. The maximum Gasteiger partial charge on any atom is 0.270 e. The van der Waals surface area contributed by atoms with Crippen LogP contribution >= 0.6 is 0 Å². The zero-order valence-electron chi connectivity index (χ0n) is 16.3. The molecular weight excluding hydrogens is 385 g/mol. The number of amides is 1. The third-order valence-electron chi connectivity index (χ3n) is 5.19. The van der Waals surface area contributed by atoms with Gasteiger partial charge in [0.1, 0.15) is 23.1 Å². The smallest absolute Gasteiger partial charge is 0.270 e. The number of rotatable bonds is 6. The highest BCUT2D eigenvalue weighted by Gasteiger charge is 2.30. The fourth-order valence-electron chi connectivity index (χ4n) is 3.66. The second-order valence-corrected chi connectivity index (χ2v) is 7.24. The number of ether oxygens (including phenoxy) is 1. The number of hydrogen-bond acceptors (Lipinski definition) is 6. The standard InChI is InChI=1S/C22H22FN5O2/c23-15-5-7-16(8-6-15)30-13-14-3-1-4-18(14)27-22(29)20-17(9-10-19(24)28-20)21-25-11-2-12-26-21/h2,5-12,14,18H,1,3-4,13H2,(H2,24,28)(H,27,29)/t14-,18+/m1/s1. The Morgan fingerprint density at radius 3 is 2.67 bits per heavy atom. The van der Waals surface area contributed by atoms with Gasteiger partial charge in [-0.3, -0.25) is 4.79 Å². The monoisotopic (exact) mass is 407 g/mol. The number of nitrogens with two attached hydrogens (primary N) is 1. The lowest BCUT2D eigenvalue weighted by Gasteiger charge is -2.21. The number of carbonyl (C=O) groups excluding carboxylic acids is 1. The third-order valence-corrected chi connectivity index (χ3v) is 5.19. The number of nitrogens with one attached hydrogen (secondary N) is 1. The minimum Gasteiger partial charge on any atom is -0.493 e. The van der Waals surface area contributed by atoms with Crippen molar-refractivity contribution in [2.45, 2.75) is 25.3 Å². The van der Waals surface area contributed by atoms with Gasteiger partial charge in [0, 0.05) is 24.4 Å². The Morgan fingerprint density at radius 2 is 1.90 bits per heavy atom. The first kappa shape index (κ1) is 19.8. The molecule has 1 aliphatic rings. The quantitative estimate of drug-likeness (QED) is 0.650. The van der Waals surface area contributed by atoms with Crippen molar-refractivity contribution in [3.05, 3.63) is 66.4 Å². The van der Waals surface area contributed by atoms with Gasteiger partial charge in [0.2, 0.25) is 0 Å². The Balaban J connectivity index is 1.46. The Hall–Kier alpha value is -3.55. The van der Waals surface area contributed by atoms with Crippen LogP contribution in [0.25, 0.3) is 11.4 Å². The van der Waals surface area contributed by atoms with Gasteiger partial charge in [0.05, 0.1) is 12.2 Å². The Labute approximate surface area is 173 Å². The van der Waals surface area contributed by atoms with Crippen LogP contribution in [0.1, 0.15) is 29.8 Å². The van der Waals surface area contributed by atoms with E-state index in [1.54, 1.807) is 42.7 Å². The van der Waals surface area contributed by atoms with Crippen LogP contribution in [0.4, 0.5) is 10.2 Å². The van der Waals surface area contributed by atoms with Crippen LogP contribution in [-0.4, -0.2) is 33.5 Å². The molecule has 1 saturated carbocycles. The molecule has 0 saturated heterocycles. The number of nitrogens with zero attached hydrogens (tertiary/aromatic N) is 3. The molecule has 0 spiro atoms. The first-order chi connectivity index (χ1) is 14.6. The molecule has 4 rings (SSSR count). The molecule has 0 bridgehead atoms. The topological polar surface area (TPSA) is 103 Å². The van der Waals surface area contributed by atoms with Crippen LogP contribution in [0.5, 0.6) is 5.75 Å². The van der Waals surface area contributed by atoms with Crippen molar-refractivity contribution < 1.29 is 13.9 Å². The summed E-state index contributed by atoms with van der Waals surface area (Å²) in [5, 5.41) is 3.08. The van der Waals surface area contributed by atoms with Gasteiger partial charge < -0.3 is 15.8 Å². The SMILES string of the molecule is Nc1ccc(-c2ncccn2)c(C(=O)N[C@H]2CCC[C@@H]2COc2ccc(F)cc2)n1. The first-order valence-corrected chi connectivity index (χ1v) is 9.83. The predicted octanol–water partition coefficient (Wildman–Crippen LogP) is 3.24. The fraction of sp³-hybridized carbons (Fsp3) is 0.273. The number of pyridine rings is 1. The Kier molecular flexibility index (Phi) is 5.83. The van der Waals surface area contributed by atoms with Crippen LogP contribution < -0.4 is 15.8 Å². The van der Waals surface area contributed by atoms with E-state index in [2.05, 4.69) is 20.3 Å². The van der Waals surface area contributed by atoms with Crippen LogP contribution in [0.15, 0.2) is 54.9 Å². The molecular formula is C22H22FN5O2. The molecule has 154 valence electrons. The molecule has 3 aromatic rings. The van der Waals surface area contributed by atoms with Gasteiger partial charge >= 0.3 is 0 Å². The number of halogens is 1. The molecule has 0 radical (unpaired) electrons. The summed E-state index contributed by atoms with van der Waals surface area (Å²) in [6.07, 6.45) is 6.00. The van der Waals surface area contributed by atoms with Crippen molar-refractivity contribution in [1.29, 1.82) is 0 Å². The van der Waals surface area contributed by atoms with Gasteiger partial charge in [-0.2, -0.15) is 0 Å². The molecule has 2 heterocycles. The first-order valence-electron chi connectivity index (χ1n) is 9.83. The third kappa shape index (κ3) is 4.53. The van der Waals surface area contributed by atoms with Gasteiger partial charge in [-0.05, 0) is 55.3 Å². The number of hydrogen-bond donors (Lipinski definition) is 2. The Bertz CT molecular complexity index is 1010. The average Bonchev–Trinajstić information content (AvgIpc) is 3.20. The largest absolute Gasteiger partial charge is 0.493 e. The van der Waals surface area contributed by atoms with E-state index in [1.807, 2.05) is 0 Å². The van der Waals surface area contributed by atoms with Crippen molar-refractivity contribution in [3.8, 4) is 17.1 Å². The number of anilines is 1. The molecule has 7 nitrogen and oxygen atoms in total. The molecule has 1 aromatic carbocycles. The number of benzene rings is 1. The van der Waals surface area contributed by atoms with E-state index < -0.39 is 0 Å². The second-order valence-electron chi connectivity index (χ2n) is 7.24. The van der Waals surface area contributed by atoms with Crippen molar-refractivity contribution in [2.24, 2.45) is 5.92 Å². The lowest BCUT2D eigenvalue weighted by Crippen LogP contribution is -2.40. The van der Waals surface area contributed by atoms with Gasteiger partial charge in [-0.25, -0.2) is 19.3 Å². The minimum atomic E-state index is -0.316. The zero-order valence-corrected chi connectivity index (χ0v) is 16.3. The molecule has 0 unspecified atom stereocenters. The van der Waals surface area contributed by atoms with E-state index in [1.165, 1.54) is 12.1 Å². The van der Waals surface area contributed by atoms with Crippen molar-refractivity contribution >= 4 is 11.7 Å². The predicted molar refractivity (Wildman–Crippen MR) is 110 cm³/mol. The van der Waals surface area contributed by atoms with E-state index in [0.29, 0.717) is 23.7 Å². The van der Waals surface area contributed by atoms with Gasteiger partial charge in [-0.1, -0.05) is 6.42 Å². The number of carbonyl (C=O) groups is 1. The minimum absolute atomic E-state index is 0.0503. The summed E-state index contributed by atoms with van der Waals surface area (Å²) in [7, 11) is 0. The number of aromatic nitrogens is 3. The summed E-state index contributed by atoms with van der Waals surface area (Å²) < 4.78 is 18.9. The molecule has 2 aromatic heterocycles. The molecule has 30 heavy (non-hydrogen) atoms. The maximum absolute atomic E-state index is 13.1. The molecule has 1 aliphatic carbocycles. The highest BCUT2D eigenvalue weighted by atomic mass is 19.1. The zero-order chi connectivity index (χ0) is 20.9. The van der Waals surface area contributed by atoms with Crippen molar-refractivity contribution in [3.63, 3.8) is 0 Å². The number of nitrogen functional groups attached to an aromatic ring is 1. The maximum atomic E-state index is 13.1. The molecule has 2 atom stereocenters. The fourth-order valence-corrected chi connectivity index (χ4v) is 3.66. The summed E-state index contributed by atoms with van der Waals surface area (Å²) in [4.78, 5) is 25.7. The van der Waals surface area contributed by atoms with Crippen LogP contribution in [-0.2, 0) is 0 Å². The summed E-state index contributed by atoms with van der Waals surface area (Å²) >= 11 is 0. The molecule has 1 fully saturated rings. The van der Waals surface area contributed by atoms with E-state index >= 15 is 0 Å². The molecule has 8 heteroatoms. The highest BCUT2D eigenvalue weighted by molar-refractivity contribution is 5.98. The van der Waals surface area contributed by atoms with Crippen LogP contribution in [0.3, 0.4) is 0 Å². The summed E-state index contributed by atoms with van der Waals surface area (Å²) in [5.74, 6) is 0.802. The van der Waals surface area contributed by atoms with Gasteiger partial charge in [0.15, 0.2) is 5.82 Å². The summed E-state index contributed by atoms with van der Waals surface area (Å²) in [6, 6.07) is 10.9. The lowest BCUT2D eigenvalue weighted by molar-refractivity contribution is 0.0914. The highest BCUT2D eigenvalue weighted by Crippen LogP contribution is 2.28. The van der Waals surface area contributed by atoms with Crippen LogP contribution in [0.2, 0.25) is 0 Å². The summed E-state index contributed by atoms with van der Waals surface area (Å²) in [5.41, 5.74) is 6.55. The molecule has 1 amide bonds. The van der Waals surface area contributed by atoms with Gasteiger partial charge in [0.25, 0.3) is 5.91 Å². The lowest BCUT2D eigenvalue weighted by atomic mass is 10.0. The van der Waals surface area contributed by atoms with Gasteiger partial charge in [-0.15, -0.1) is 0 Å². The van der Waals surface area contributed by atoms with E-state index in [-0.39, 0.29) is 35.2 Å². The van der Waals surface area contributed by atoms with Crippen molar-refractivity contribution in [1.82, 2.24) is 20.3 Å². The Morgan fingerprint density at radius 1 is 1.13 bits per heavy atom. The normalized spacial score (nSPS) is 18.2. The van der Waals surface area contributed by atoms with E-state index in [9.17, 15) is 9.18 Å². The molecule has 0 aliphatic heterocycles. The van der Waals surface area contributed by atoms with Crippen LogP contribution in [0, 0.1) is 11.7 Å². The summed E-state index contributed by atoms with van der Waals surface area (Å²) in [6.45, 7) is 0.440. The average molecular weight is 407 g/mol. The van der Waals surface area contributed by atoms with Crippen molar-refractivity contribution in [2.75, 3.05) is 12.3 Å².